The normalized spacial score (nSPS) is 9.78. The molecule has 7 heteroatoms. The molecule has 0 aliphatic carbocycles. The molecule has 2 amide bonds. The van der Waals surface area contributed by atoms with Crippen LogP contribution in [-0.2, 0) is 4.74 Å². The third-order valence-electron chi connectivity index (χ3n) is 2.90. The Morgan fingerprint density at radius 3 is 2.48 bits per heavy atom. The fourth-order valence-corrected chi connectivity index (χ4v) is 1.84. The van der Waals surface area contributed by atoms with Gasteiger partial charge in [0.05, 0.1) is 6.61 Å². The molecule has 0 heterocycles. The zero-order chi connectivity index (χ0) is 16.9. The van der Waals surface area contributed by atoms with Gasteiger partial charge in [0.1, 0.15) is 0 Å². The molecule has 0 bridgehead atoms. The maximum Gasteiger partial charge on any atom is 0.407 e. The first-order valence-corrected chi connectivity index (χ1v) is 8.09. The molecule has 1 rings (SSSR count). The van der Waals surface area contributed by atoms with Crippen LogP contribution in [0.2, 0.25) is 0 Å². The van der Waals surface area contributed by atoms with Crippen molar-refractivity contribution in [1.82, 2.24) is 16.0 Å². The quantitative estimate of drug-likeness (QED) is 0.501. The molecule has 23 heavy (non-hydrogen) atoms. The van der Waals surface area contributed by atoms with Crippen molar-refractivity contribution in [3.8, 4) is 0 Å². The lowest BCUT2D eigenvalue weighted by Gasteiger charge is -2.10. The van der Waals surface area contributed by atoms with Gasteiger partial charge in [0.2, 0.25) is 0 Å². The summed E-state index contributed by atoms with van der Waals surface area (Å²) in [5.74, 6) is -0.249. The molecule has 0 unspecified atom stereocenters. The molecule has 0 radical (unpaired) electrons. The zero-order valence-electron chi connectivity index (χ0n) is 13.3. The molecule has 0 aliphatic heterocycles. The number of hydrogen-bond donors (Lipinski definition) is 3. The minimum atomic E-state index is -0.404. The lowest BCUT2D eigenvalue weighted by atomic mass is 10.2. The molecule has 1 aromatic rings. The van der Waals surface area contributed by atoms with Gasteiger partial charge in [-0.25, -0.2) is 4.79 Å². The second-order valence-electron chi connectivity index (χ2n) is 4.85. The van der Waals surface area contributed by atoms with E-state index in [1.165, 1.54) is 0 Å². The van der Waals surface area contributed by atoms with Crippen LogP contribution in [0.4, 0.5) is 4.79 Å². The number of carbonyl (C=O) groups is 2. The summed E-state index contributed by atoms with van der Waals surface area (Å²) in [5.41, 5.74) is 0.549. The predicted octanol–water partition coefficient (Wildman–Crippen LogP) is 2.21. The second-order valence-corrected chi connectivity index (χ2v) is 5.25. The summed E-state index contributed by atoms with van der Waals surface area (Å²) in [6.07, 6.45) is 2.12. The van der Waals surface area contributed by atoms with E-state index in [0.717, 1.165) is 12.8 Å². The first kappa shape index (κ1) is 18.9. The highest BCUT2D eigenvalue weighted by atomic mass is 32.1. The van der Waals surface area contributed by atoms with Crippen molar-refractivity contribution in [3.63, 3.8) is 0 Å². The van der Waals surface area contributed by atoms with Gasteiger partial charge >= 0.3 is 6.09 Å². The molecule has 0 saturated carbocycles. The van der Waals surface area contributed by atoms with E-state index in [0.29, 0.717) is 31.7 Å². The van der Waals surface area contributed by atoms with Crippen LogP contribution in [0.25, 0.3) is 0 Å². The van der Waals surface area contributed by atoms with E-state index in [2.05, 4.69) is 16.0 Å². The summed E-state index contributed by atoms with van der Waals surface area (Å²) in [6, 6.07) is 8.85. The van der Waals surface area contributed by atoms with Gasteiger partial charge in [0, 0.05) is 18.7 Å². The van der Waals surface area contributed by atoms with Crippen molar-refractivity contribution in [2.45, 2.75) is 26.2 Å². The average molecular weight is 337 g/mol. The Hall–Kier alpha value is -2.15. The lowest BCUT2D eigenvalue weighted by molar-refractivity contribution is 0.0976. The van der Waals surface area contributed by atoms with Crippen LogP contribution in [-0.4, -0.2) is 36.8 Å². The third kappa shape index (κ3) is 8.77. The Kier molecular flexibility index (Phi) is 9.38. The largest absolute Gasteiger partial charge is 0.450 e. The van der Waals surface area contributed by atoms with Crippen LogP contribution in [0.1, 0.15) is 36.5 Å². The molecule has 0 saturated heterocycles. The minimum Gasteiger partial charge on any atom is -0.450 e. The maximum atomic E-state index is 11.8. The van der Waals surface area contributed by atoms with Gasteiger partial charge in [-0.3, -0.25) is 10.1 Å². The van der Waals surface area contributed by atoms with E-state index >= 15 is 0 Å². The molecular formula is C16H23N3O3S. The molecule has 3 N–H and O–H groups in total. The molecule has 0 spiro atoms. The Morgan fingerprint density at radius 2 is 1.78 bits per heavy atom. The molecule has 0 fully saturated rings. The standard InChI is InChI=1S/C16H23N3O3S/c1-2-3-12-22-16(21)18-11-7-10-17-15(23)19-14(20)13-8-5-4-6-9-13/h4-6,8-9H,2-3,7,10-12H2,1H3,(H,18,21)(H2,17,19,20,23). The number of thiocarbonyl (C=S) groups is 1. The van der Waals surface area contributed by atoms with E-state index in [-0.39, 0.29) is 11.0 Å². The molecule has 0 aromatic heterocycles. The monoisotopic (exact) mass is 337 g/mol. The number of ether oxygens (including phenoxy) is 1. The number of amides is 2. The van der Waals surface area contributed by atoms with Crippen molar-refractivity contribution in [3.05, 3.63) is 35.9 Å². The zero-order valence-corrected chi connectivity index (χ0v) is 14.1. The highest BCUT2D eigenvalue weighted by Gasteiger charge is 2.06. The van der Waals surface area contributed by atoms with Crippen LogP contribution >= 0.6 is 12.2 Å². The van der Waals surface area contributed by atoms with E-state index in [9.17, 15) is 9.59 Å². The molecular weight excluding hydrogens is 314 g/mol. The van der Waals surface area contributed by atoms with Gasteiger partial charge in [-0.05, 0) is 37.2 Å². The summed E-state index contributed by atoms with van der Waals surface area (Å²) < 4.78 is 4.96. The van der Waals surface area contributed by atoms with E-state index < -0.39 is 6.09 Å². The van der Waals surface area contributed by atoms with Gasteiger partial charge in [-0.1, -0.05) is 31.5 Å². The Labute approximate surface area is 142 Å². The topological polar surface area (TPSA) is 79.5 Å². The summed E-state index contributed by atoms with van der Waals surface area (Å²) >= 11 is 5.05. The highest BCUT2D eigenvalue weighted by molar-refractivity contribution is 7.80. The van der Waals surface area contributed by atoms with Crippen LogP contribution in [0.5, 0.6) is 0 Å². The number of unbranched alkanes of at least 4 members (excludes halogenated alkanes) is 1. The SMILES string of the molecule is CCCCOC(=O)NCCCNC(=S)NC(=O)c1ccccc1. The number of benzene rings is 1. The molecule has 6 nitrogen and oxygen atoms in total. The average Bonchev–Trinajstić information content (AvgIpc) is 2.55. The number of rotatable bonds is 8. The minimum absolute atomic E-state index is 0.249. The predicted molar refractivity (Wildman–Crippen MR) is 93.4 cm³/mol. The smallest absolute Gasteiger partial charge is 0.407 e. The number of alkyl carbamates (subject to hydrolysis) is 1. The summed E-state index contributed by atoms with van der Waals surface area (Å²) in [5, 5.41) is 8.43. The van der Waals surface area contributed by atoms with Crippen molar-refractivity contribution < 1.29 is 14.3 Å². The molecule has 0 atom stereocenters. The van der Waals surface area contributed by atoms with Crippen LogP contribution < -0.4 is 16.0 Å². The number of carbonyl (C=O) groups excluding carboxylic acids is 2. The fraction of sp³-hybridized carbons (Fsp3) is 0.438. The first-order valence-electron chi connectivity index (χ1n) is 7.68. The molecule has 1 aromatic carbocycles. The molecule has 0 aliphatic rings. The van der Waals surface area contributed by atoms with E-state index in [1.807, 2.05) is 13.0 Å². The van der Waals surface area contributed by atoms with Crippen LogP contribution in [0.3, 0.4) is 0 Å². The van der Waals surface area contributed by atoms with Gasteiger partial charge < -0.3 is 15.4 Å². The van der Waals surface area contributed by atoms with Gasteiger partial charge in [-0.15, -0.1) is 0 Å². The highest BCUT2D eigenvalue weighted by Crippen LogP contribution is 1.97. The van der Waals surface area contributed by atoms with Gasteiger partial charge in [0.25, 0.3) is 5.91 Å². The van der Waals surface area contributed by atoms with Gasteiger partial charge in [-0.2, -0.15) is 0 Å². The van der Waals surface area contributed by atoms with E-state index in [4.69, 9.17) is 17.0 Å². The van der Waals surface area contributed by atoms with E-state index in [1.54, 1.807) is 24.3 Å². The summed E-state index contributed by atoms with van der Waals surface area (Å²) in [6.45, 7) is 3.50. The number of hydrogen-bond acceptors (Lipinski definition) is 4. The van der Waals surface area contributed by atoms with Crippen LogP contribution in [0, 0.1) is 0 Å². The Balaban J connectivity index is 2.08. The summed E-state index contributed by atoms with van der Waals surface area (Å²) in [7, 11) is 0. The molecule has 126 valence electrons. The second kappa shape index (κ2) is 11.4. The summed E-state index contributed by atoms with van der Waals surface area (Å²) in [4.78, 5) is 23.1. The van der Waals surface area contributed by atoms with Crippen molar-refractivity contribution in [1.29, 1.82) is 0 Å². The fourth-order valence-electron chi connectivity index (χ4n) is 1.65. The van der Waals surface area contributed by atoms with Crippen molar-refractivity contribution >= 4 is 29.3 Å². The van der Waals surface area contributed by atoms with Crippen molar-refractivity contribution in [2.75, 3.05) is 19.7 Å². The first-order chi connectivity index (χ1) is 11.1. The van der Waals surface area contributed by atoms with Crippen LogP contribution in [0.15, 0.2) is 30.3 Å². The third-order valence-corrected chi connectivity index (χ3v) is 3.15. The number of nitrogens with one attached hydrogen (secondary N) is 3. The lowest BCUT2D eigenvalue weighted by Crippen LogP contribution is -2.40. The van der Waals surface area contributed by atoms with Gasteiger partial charge in [0.15, 0.2) is 5.11 Å². The maximum absolute atomic E-state index is 11.8. The Bertz CT molecular complexity index is 509. The van der Waals surface area contributed by atoms with Crippen molar-refractivity contribution in [2.24, 2.45) is 0 Å². The Morgan fingerprint density at radius 1 is 1.09 bits per heavy atom.